The molecule has 0 bridgehead atoms. The van der Waals surface area contributed by atoms with Gasteiger partial charge in [0.25, 0.3) is 0 Å². The minimum absolute atomic E-state index is 0.116. The lowest BCUT2D eigenvalue weighted by molar-refractivity contribution is -0.147. The van der Waals surface area contributed by atoms with Crippen LogP contribution in [0.3, 0.4) is 0 Å². The van der Waals surface area contributed by atoms with Crippen LogP contribution in [0.5, 0.6) is 0 Å². The number of carboxylic acid groups (broad SMARTS) is 1. The van der Waals surface area contributed by atoms with Gasteiger partial charge in [-0.25, -0.2) is 0 Å². The van der Waals surface area contributed by atoms with Crippen LogP contribution in [0.25, 0.3) is 0 Å². The number of benzene rings is 1. The molecule has 4 atom stereocenters. The fraction of sp³-hybridized carbons (Fsp3) is 0.412. The highest BCUT2D eigenvalue weighted by atomic mass is 16.4. The number of carbonyl (C=O) groups excluding carboxylic acids is 1. The van der Waals surface area contributed by atoms with Crippen molar-refractivity contribution in [1.82, 2.24) is 5.32 Å². The number of carbonyl (C=O) groups is 2. The molecular weight excluding hydrogens is 266 g/mol. The minimum Gasteiger partial charge on any atom is -0.481 e. The molecule has 0 aromatic heterocycles. The number of allylic oxidation sites excluding steroid dienone is 2. The van der Waals surface area contributed by atoms with Gasteiger partial charge in [0.15, 0.2) is 0 Å². The fourth-order valence-corrected chi connectivity index (χ4v) is 3.09. The maximum absolute atomic E-state index is 12.3. The zero-order valence-corrected chi connectivity index (χ0v) is 11.7. The molecule has 1 saturated carbocycles. The van der Waals surface area contributed by atoms with E-state index in [1.54, 1.807) is 0 Å². The van der Waals surface area contributed by atoms with E-state index < -0.39 is 17.8 Å². The summed E-state index contributed by atoms with van der Waals surface area (Å²) < 4.78 is 0. The lowest BCUT2D eigenvalue weighted by Gasteiger charge is -2.24. The molecule has 0 aliphatic heterocycles. The first-order valence-electron chi connectivity index (χ1n) is 7.40. The van der Waals surface area contributed by atoms with Crippen LogP contribution in [-0.2, 0) is 9.59 Å². The Morgan fingerprint density at radius 1 is 1.05 bits per heavy atom. The number of nitrogens with one attached hydrogen (secondary N) is 1. The van der Waals surface area contributed by atoms with Crippen LogP contribution in [-0.4, -0.2) is 23.0 Å². The van der Waals surface area contributed by atoms with Gasteiger partial charge in [0.2, 0.25) is 5.91 Å². The highest BCUT2D eigenvalue weighted by Crippen LogP contribution is 2.41. The van der Waals surface area contributed by atoms with E-state index in [9.17, 15) is 14.7 Å². The first-order chi connectivity index (χ1) is 10.2. The molecule has 1 amide bonds. The van der Waals surface area contributed by atoms with Gasteiger partial charge in [0.05, 0.1) is 11.8 Å². The summed E-state index contributed by atoms with van der Waals surface area (Å²) in [7, 11) is 0. The van der Waals surface area contributed by atoms with Crippen molar-refractivity contribution in [3.05, 3.63) is 48.0 Å². The highest BCUT2D eigenvalue weighted by molar-refractivity contribution is 5.85. The van der Waals surface area contributed by atoms with Gasteiger partial charge in [0, 0.05) is 12.0 Å². The van der Waals surface area contributed by atoms with Crippen molar-refractivity contribution < 1.29 is 14.7 Å². The van der Waals surface area contributed by atoms with Crippen molar-refractivity contribution in [2.75, 3.05) is 0 Å². The number of carboxylic acids is 1. The number of aliphatic carboxylic acids is 1. The van der Waals surface area contributed by atoms with Crippen molar-refractivity contribution in [1.29, 1.82) is 0 Å². The van der Waals surface area contributed by atoms with E-state index in [0.717, 1.165) is 6.42 Å². The summed E-state index contributed by atoms with van der Waals surface area (Å²) >= 11 is 0. The summed E-state index contributed by atoms with van der Waals surface area (Å²) in [5.41, 5.74) is 1.24. The molecule has 21 heavy (non-hydrogen) atoms. The Bertz CT molecular complexity index is 567. The van der Waals surface area contributed by atoms with Crippen molar-refractivity contribution in [2.45, 2.75) is 31.2 Å². The highest BCUT2D eigenvalue weighted by Gasteiger charge is 2.42. The van der Waals surface area contributed by atoms with E-state index in [0.29, 0.717) is 18.8 Å². The van der Waals surface area contributed by atoms with Crippen LogP contribution in [0.2, 0.25) is 0 Å². The molecule has 0 saturated heterocycles. The minimum atomic E-state index is -0.880. The monoisotopic (exact) mass is 285 g/mol. The third-order valence-electron chi connectivity index (χ3n) is 4.43. The first-order valence-corrected chi connectivity index (χ1v) is 7.40. The van der Waals surface area contributed by atoms with Gasteiger partial charge in [0.1, 0.15) is 0 Å². The second-order valence-electron chi connectivity index (χ2n) is 5.86. The summed E-state index contributed by atoms with van der Waals surface area (Å²) in [6, 6.07) is 10.3. The molecule has 3 rings (SSSR count). The molecule has 4 nitrogen and oxygen atoms in total. The van der Waals surface area contributed by atoms with Gasteiger partial charge in [-0.3, -0.25) is 9.59 Å². The lowest BCUT2D eigenvalue weighted by atomic mass is 9.82. The molecule has 0 spiro atoms. The molecule has 110 valence electrons. The van der Waals surface area contributed by atoms with Crippen molar-refractivity contribution in [2.24, 2.45) is 11.8 Å². The van der Waals surface area contributed by atoms with Gasteiger partial charge >= 0.3 is 5.97 Å². The number of amides is 1. The Hall–Kier alpha value is -2.10. The number of hydrogen-bond donors (Lipinski definition) is 2. The van der Waals surface area contributed by atoms with Crippen LogP contribution >= 0.6 is 0 Å². The third kappa shape index (κ3) is 2.99. The molecule has 1 aromatic rings. The van der Waals surface area contributed by atoms with Gasteiger partial charge in [-0.15, -0.1) is 0 Å². The molecular formula is C17H19NO3. The Balaban J connectivity index is 1.60. The second-order valence-corrected chi connectivity index (χ2v) is 5.86. The SMILES string of the molecule is O=C(O)[C@H]1CC=CC[C@H]1C(=O)NC1CC1c1ccccc1. The Kier molecular flexibility index (Phi) is 3.78. The van der Waals surface area contributed by atoms with Crippen molar-refractivity contribution in [3.8, 4) is 0 Å². The van der Waals surface area contributed by atoms with Crippen LogP contribution in [0.4, 0.5) is 0 Å². The summed E-state index contributed by atoms with van der Waals surface area (Å²) in [5.74, 6) is -1.66. The summed E-state index contributed by atoms with van der Waals surface area (Å²) in [4.78, 5) is 23.6. The van der Waals surface area contributed by atoms with Gasteiger partial charge in [-0.2, -0.15) is 0 Å². The van der Waals surface area contributed by atoms with E-state index in [4.69, 9.17) is 0 Å². The van der Waals surface area contributed by atoms with Crippen LogP contribution in [0.15, 0.2) is 42.5 Å². The van der Waals surface area contributed by atoms with E-state index >= 15 is 0 Å². The Morgan fingerprint density at radius 3 is 2.38 bits per heavy atom. The van der Waals surface area contributed by atoms with Crippen molar-refractivity contribution in [3.63, 3.8) is 0 Å². The molecule has 2 aliphatic rings. The summed E-state index contributed by atoms with van der Waals surface area (Å²) in [5, 5.41) is 12.2. The van der Waals surface area contributed by atoms with E-state index in [1.807, 2.05) is 30.4 Å². The summed E-state index contributed by atoms with van der Waals surface area (Å²) in [6.45, 7) is 0. The Labute approximate surface area is 123 Å². The van der Waals surface area contributed by atoms with Gasteiger partial charge < -0.3 is 10.4 Å². The standard InChI is InChI=1S/C17H19NO3/c19-16(12-8-4-5-9-13(12)17(20)21)18-15-10-14(15)11-6-2-1-3-7-11/h1-7,12-15H,8-10H2,(H,18,19)(H,20,21)/t12-,13+,14?,15?/m1/s1. The molecule has 4 heteroatoms. The first kappa shape index (κ1) is 13.9. The van der Waals surface area contributed by atoms with Crippen LogP contribution in [0, 0.1) is 11.8 Å². The topological polar surface area (TPSA) is 66.4 Å². The van der Waals surface area contributed by atoms with Crippen LogP contribution < -0.4 is 5.32 Å². The lowest BCUT2D eigenvalue weighted by Crippen LogP contribution is -2.40. The largest absolute Gasteiger partial charge is 0.481 e. The van der Waals surface area contributed by atoms with E-state index in [-0.39, 0.29) is 11.9 Å². The summed E-state index contributed by atoms with van der Waals surface area (Å²) in [6.07, 6.45) is 5.67. The molecule has 2 unspecified atom stereocenters. The zero-order valence-electron chi connectivity index (χ0n) is 11.7. The molecule has 0 radical (unpaired) electrons. The average molecular weight is 285 g/mol. The second kappa shape index (κ2) is 5.72. The molecule has 1 aromatic carbocycles. The predicted octanol–water partition coefficient (Wildman–Crippen LogP) is 2.33. The number of rotatable bonds is 4. The zero-order chi connectivity index (χ0) is 14.8. The third-order valence-corrected chi connectivity index (χ3v) is 4.43. The quantitative estimate of drug-likeness (QED) is 0.834. The van der Waals surface area contributed by atoms with Crippen molar-refractivity contribution >= 4 is 11.9 Å². The predicted molar refractivity (Wildman–Crippen MR) is 78.7 cm³/mol. The normalized spacial score (nSPS) is 30.7. The maximum Gasteiger partial charge on any atom is 0.307 e. The van der Waals surface area contributed by atoms with Gasteiger partial charge in [-0.1, -0.05) is 42.5 Å². The molecule has 2 aliphatic carbocycles. The molecule has 1 fully saturated rings. The maximum atomic E-state index is 12.3. The number of hydrogen-bond acceptors (Lipinski definition) is 2. The molecule has 0 heterocycles. The smallest absolute Gasteiger partial charge is 0.307 e. The fourth-order valence-electron chi connectivity index (χ4n) is 3.09. The van der Waals surface area contributed by atoms with E-state index in [2.05, 4.69) is 17.4 Å². The molecule has 2 N–H and O–H groups in total. The van der Waals surface area contributed by atoms with Gasteiger partial charge in [-0.05, 0) is 24.8 Å². The van der Waals surface area contributed by atoms with E-state index in [1.165, 1.54) is 5.56 Å². The van der Waals surface area contributed by atoms with Crippen LogP contribution in [0.1, 0.15) is 30.7 Å². The Morgan fingerprint density at radius 2 is 1.71 bits per heavy atom. The average Bonchev–Trinajstić information content (AvgIpc) is 3.27.